The molecule has 3 nitrogen and oxygen atoms in total. The van der Waals surface area contributed by atoms with Crippen molar-refractivity contribution in [3.05, 3.63) is 17.6 Å². The second-order valence-electron chi connectivity index (χ2n) is 3.92. The lowest BCUT2D eigenvalue weighted by Crippen LogP contribution is -2.38. The molecule has 2 rings (SSSR count). The Labute approximate surface area is 93.3 Å². The topological polar surface area (TPSA) is 35.0 Å². The summed E-state index contributed by atoms with van der Waals surface area (Å²) in [7, 11) is 16.1. The van der Waals surface area contributed by atoms with Gasteiger partial charge in [0.05, 0.1) is 5.69 Å². The molecule has 1 aliphatic rings. The summed E-state index contributed by atoms with van der Waals surface area (Å²) in [6.45, 7) is 1.88. The fourth-order valence-corrected chi connectivity index (χ4v) is 1.49. The Balaban J connectivity index is 2.27. The van der Waals surface area contributed by atoms with Crippen molar-refractivity contribution in [3.8, 4) is 5.88 Å². The lowest BCUT2D eigenvalue weighted by Gasteiger charge is -2.23. The molecule has 0 atom stereocenters. The zero-order valence-corrected chi connectivity index (χ0v) is 8.60. The first-order valence-electron chi connectivity index (χ1n) is 4.84. The van der Waals surface area contributed by atoms with Crippen LogP contribution in [0.2, 0.25) is 0 Å². The first-order valence-corrected chi connectivity index (χ1v) is 4.84. The van der Waals surface area contributed by atoms with E-state index in [4.69, 9.17) is 28.3 Å². The van der Waals surface area contributed by atoms with Crippen molar-refractivity contribution in [1.29, 1.82) is 0 Å². The van der Waals surface area contributed by atoms with Crippen LogP contribution in [0, 0.1) is 6.92 Å². The van der Waals surface area contributed by atoms with E-state index in [1.54, 1.807) is 0 Å². The van der Waals surface area contributed by atoms with Gasteiger partial charge in [-0.3, -0.25) is 0 Å². The molecule has 0 bridgehead atoms. The number of rotatable bonds is 3. The molecular formula is C9H9B3N2O. The smallest absolute Gasteiger partial charge is 0.217 e. The Morgan fingerprint density at radius 3 is 2.53 bits per heavy atom. The van der Waals surface area contributed by atoms with Crippen molar-refractivity contribution < 1.29 is 4.74 Å². The fourth-order valence-electron chi connectivity index (χ4n) is 1.49. The summed E-state index contributed by atoms with van der Waals surface area (Å²) in [5.41, 5.74) is 1.87. The number of hydrogen-bond donors (Lipinski definition) is 0. The maximum Gasteiger partial charge on any atom is 0.217 e. The van der Waals surface area contributed by atoms with Gasteiger partial charge in [0, 0.05) is 11.5 Å². The van der Waals surface area contributed by atoms with Crippen LogP contribution in [0.1, 0.15) is 30.0 Å². The molecule has 0 N–H and O–H groups in total. The van der Waals surface area contributed by atoms with Gasteiger partial charge in [0.25, 0.3) is 0 Å². The largest absolute Gasteiger partial charge is 0.501 e. The maximum atomic E-state index is 5.35. The van der Waals surface area contributed by atoms with Crippen molar-refractivity contribution >= 4 is 23.5 Å². The third-order valence-corrected chi connectivity index (χ3v) is 2.31. The first kappa shape index (κ1) is 10.6. The fraction of sp³-hybridized carbons (Fsp3) is 0.556. The van der Waals surface area contributed by atoms with Crippen LogP contribution in [0.3, 0.4) is 0 Å². The monoisotopic (exact) mass is 194 g/mol. The molecule has 6 heteroatoms. The normalized spacial score (nSPS) is 16.3. The molecule has 0 aliphatic heterocycles. The Bertz CT molecular complexity index is 374. The molecule has 0 amide bonds. The number of ether oxygens (including phenoxy) is 1. The summed E-state index contributed by atoms with van der Waals surface area (Å²) in [5.74, 6) is 0.887. The summed E-state index contributed by atoms with van der Waals surface area (Å²) in [6.07, 6.45) is 3.77. The van der Waals surface area contributed by atoms with Crippen LogP contribution in [-0.4, -0.2) is 38.8 Å². The molecule has 15 heavy (non-hydrogen) atoms. The van der Waals surface area contributed by atoms with Gasteiger partial charge >= 0.3 is 0 Å². The highest BCUT2D eigenvalue weighted by Crippen LogP contribution is 2.41. The second kappa shape index (κ2) is 3.58. The van der Waals surface area contributed by atoms with Crippen LogP contribution in [-0.2, 0) is 0 Å². The summed E-state index contributed by atoms with van der Waals surface area (Å²) in [5, 5.41) is -1.69. The van der Waals surface area contributed by atoms with Crippen LogP contribution in [0.4, 0.5) is 0 Å². The van der Waals surface area contributed by atoms with Crippen molar-refractivity contribution in [1.82, 2.24) is 9.97 Å². The van der Waals surface area contributed by atoms with Crippen molar-refractivity contribution in [2.45, 2.75) is 31.0 Å². The standard InChI is InChI=1S/C9H9B3N2O/c1-5-7(6-2-3-6)13-4-14-8(5)15-9(10,11)12/h4,6H,2-3H2,1H3. The van der Waals surface area contributed by atoms with E-state index in [-0.39, 0.29) is 0 Å². The molecule has 6 radical (unpaired) electrons. The summed E-state index contributed by atoms with van der Waals surface area (Å²) < 4.78 is 5.13. The van der Waals surface area contributed by atoms with Gasteiger partial charge in [0.2, 0.25) is 5.88 Å². The summed E-state index contributed by atoms with van der Waals surface area (Å²) in [4.78, 5) is 8.18. The van der Waals surface area contributed by atoms with Crippen LogP contribution >= 0.6 is 0 Å². The van der Waals surface area contributed by atoms with Gasteiger partial charge in [0.1, 0.15) is 29.9 Å². The van der Waals surface area contributed by atoms with E-state index >= 15 is 0 Å². The molecule has 0 saturated heterocycles. The molecular weight excluding hydrogens is 185 g/mol. The Hall–Kier alpha value is -0.925. The van der Waals surface area contributed by atoms with Crippen molar-refractivity contribution in [2.24, 2.45) is 0 Å². The van der Waals surface area contributed by atoms with Crippen LogP contribution < -0.4 is 4.74 Å². The predicted molar refractivity (Wildman–Crippen MR) is 59.4 cm³/mol. The molecule has 1 fully saturated rings. The second-order valence-corrected chi connectivity index (χ2v) is 3.92. The van der Waals surface area contributed by atoms with Gasteiger partial charge in [-0.15, -0.1) is 0 Å². The molecule has 1 saturated carbocycles. The van der Waals surface area contributed by atoms with Crippen molar-refractivity contribution in [3.63, 3.8) is 0 Å². The van der Waals surface area contributed by atoms with E-state index in [0.29, 0.717) is 11.8 Å². The third-order valence-electron chi connectivity index (χ3n) is 2.31. The molecule has 0 unspecified atom stereocenters. The van der Waals surface area contributed by atoms with E-state index in [1.807, 2.05) is 6.92 Å². The summed E-state index contributed by atoms with van der Waals surface area (Å²) >= 11 is 0. The molecule has 1 aromatic heterocycles. The highest BCUT2D eigenvalue weighted by Gasteiger charge is 2.28. The van der Waals surface area contributed by atoms with E-state index in [9.17, 15) is 0 Å². The summed E-state index contributed by atoms with van der Waals surface area (Å²) in [6, 6.07) is 0. The number of nitrogens with zero attached hydrogens (tertiary/aromatic N) is 2. The van der Waals surface area contributed by atoms with E-state index in [2.05, 4.69) is 9.97 Å². The van der Waals surface area contributed by atoms with E-state index < -0.39 is 5.30 Å². The van der Waals surface area contributed by atoms with E-state index in [0.717, 1.165) is 24.1 Å². The molecule has 1 aliphatic carbocycles. The zero-order valence-electron chi connectivity index (χ0n) is 8.60. The zero-order chi connectivity index (χ0) is 11.1. The average molecular weight is 194 g/mol. The molecule has 70 valence electrons. The highest BCUT2D eigenvalue weighted by atomic mass is 16.5. The number of aromatic nitrogens is 2. The van der Waals surface area contributed by atoms with Crippen molar-refractivity contribution in [2.75, 3.05) is 0 Å². The lowest BCUT2D eigenvalue weighted by atomic mass is 9.52. The Kier molecular flexibility index (Phi) is 2.53. The minimum atomic E-state index is -1.69. The molecule has 1 heterocycles. The van der Waals surface area contributed by atoms with Gasteiger partial charge < -0.3 is 4.74 Å². The van der Waals surface area contributed by atoms with Gasteiger partial charge in [-0.2, -0.15) is 0 Å². The third kappa shape index (κ3) is 2.55. The predicted octanol–water partition coefficient (Wildman–Crippen LogP) is 0.158. The van der Waals surface area contributed by atoms with Gasteiger partial charge in [-0.05, 0) is 25.1 Å². The van der Waals surface area contributed by atoms with Gasteiger partial charge in [-0.1, -0.05) is 0 Å². The Morgan fingerprint density at radius 1 is 1.33 bits per heavy atom. The van der Waals surface area contributed by atoms with Gasteiger partial charge in [0.15, 0.2) is 0 Å². The quantitative estimate of drug-likeness (QED) is 0.642. The highest BCUT2D eigenvalue weighted by molar-refractivity contribution is 6.58. The minimum absolute atomic E-state index is 0.361. The molecule has 0 spiro atoms. The lowest BCUT2D eigenvalue weighted by molar-refractivity contribution is 0.302. The van der Waals surface area contributed by atoms with Crippen LogP contribution in [0.5, 0.6) is 5.88 Å². The van der Waals surface area contributed by atoms with Crippen LogP contribution in [0.25, 0.3) is 0 Å². The SMILES string of the molecule is [B]C([B])([B])Oc1ncnc(C2CC2)c1C. The average Bonchev–Trinajstić information content (AvgIpc) is 2.89. The van der Waals surface area contributed by atoms with Gasteiger partial charge in [-0.25, -0.2) is 9.97 Å². The van der Waals surface area contributed by atoms with Crippen LogP contribution in [0.15, 0.2) is 6.33 Å². The minimum Gasteiger partial charge on any atom is -0.501 e. The molecule has 1 aromatic rings. The molecule has 0 aromatic carbocycles. The Morgan fingerprint density at radius 2 is 2.00 bits per heavy atom. The maximum absolute atomic E-state index is 5.35. The number of hydrogen-bond acceptors (Lipinski definition) is 3. The van der Waals surface area contributed by atoms with E-state index in [1.165, 1.54) is 6.33 Å². The first-order chi connectivity index (χ1) is 6.97.